The molecule has 2 heterocycles. The zero-order chi connectivity index (χ0) is 14.4. The fraction of sp³-hybridized carbons (Fsp3) is 0.467. The van der Waals surface area contributed by atoms with E-state index in [2.05, 4.69) is 52.8 Å². The van der Waals surface area contributed by atoms with Crippen LogP contribution in [0.25, 0.3) is 0 Å². The Morgan fingerprint density at radius 2 is 1.90 bits per heavy atom. The molecule has 0 fully saturated rings. The van der Waals surface area contributed by atoms with Gasteiger partial charge in [0.2, 0.25) is 0 Å². The summed E-state index contributed by atoms with van der Waals surface area (Å²) in [5.41, 5.74) is 1.33. The second-order valence-electron chi connectivity index (χ2n) is 4.72. The standard InChI is InChI=1S/C15H22N4S/c1-4-6-13-18-14(16-5-2)9-15(19-13)17-10-12-11(3)7-8-20-12/h7-9H,4-6,10H2,1-3H3,(H2,16,17,18,19). The maximum atomic E-state index is 4.58. The Labute approximate surface area is 124 Å². The van der Waals surface area contributed by atoms with Crippen molar-refractivity contribution in [1.29, 1.82) is 0 Å². The summed E-state index contributed by atoms with van der Waals surface area (Å²) in [5, 5.41) is 8.79. The average molecular weight is 290 g/mol. The van der Waals surface area contributed by atoms with Crippen molar-refractivity contribution in [3.8, 4) is 0 Å². The number of rotatable bonds is 7. The third-order valence-corrected chi connectivity index (χ3v) is 4.03. The minimum atomic E-state index is 0.817. The number of hydrogen-bond donors (Lipinski definition) is 2. The van der Waals surface area contributed by atoms with Gasteiger partial charge in [-0.1, -0.05) is 6.92 Å². The predicted octanol–water partition coefficient (Wildman–Crippen LogP) is 3.84. The lowest BCUT2D eigenvalue weighted by Crippen LogP contribution is -2.08. The van der Waals surface area contributed by atoms with Crippen LogP contribution in [0.2, 0.25) is 0 Å². The Hall–Kier alpha value is -1.62. The van der Waals surface area contributed by atoms with Crippen molar-refractivity contribution >= 4 is 23.0 Å². The van der Waals surface area contributed by atoms with E-state index in [9.17, 15) is 0 Å². The van der Waals surface area contributed by atoms with E-state index >= 15 is 0 Å². The summed E-state index contributed by atoms with van der Waals surface area (Å²) < 4.78 is 0. The minimum Gasteiger partial charge on any atom is -0.370 e. The van der Waals surface area contributed by atoms with E-state index in [-0.39, 0.29) is 0 Å². The smallest absolute Gasteiger partial charge is 0.133 e. The van der Waals surface area contributed by atoms with E-state index in [4.69, 9.17) is 0 Å². The number of aromatic nitrogens is 2. The summed E-state index contributed by atoms with van der Waals surface area (Å²) in [6.07, 6.45) is 1.96. The van der Waals surface area contributed by atoms with Gasteiger partial charge in [-0.3, -0.25) is 0 Å². The molecule has 0 aliphatic heterocycles. The van der Waals surface area contributed by atoms with Crippen molar-refractivity contribution < 1.29 is 0 Å². The van der Waals surface area contributed by atoms with Crippen molar-refractivity contribution in [1.82, 2.24) is 9.97 Å². The van der Waals surface area contributed by atoms with Gasteiger partial charge in [0.15, 0.2) is 0 Å². The van der Waals surface area contributed by atoms with Crippen LogP contribution in [-0.2, 0) is 13.0 Å². The molecule has 2 aromatic heterocycles. The second-order valence-corrected chi connectivity index (χ2v) is 5.72. The largest absolute Gasteiger partial charge is 0.370 e. The first-order chi connectivity index (χ1) is 9.72. The van der Waals surface area contributed by atoms with Crippen LogP contribution < -0.4 is 10.6 Å². The molecule has 2 aromatic rings. The van der Waals surface area contributed by atoms with E-state index in [1.165, 1.54) is 10.4 Å². The van der Waals surface area contributed by atoms with Gasteiger partial charge in [-0.15, -0.1) is 11.3 Å². The molecule has 108 valence electrons. The van der Waals surface area contributed by atoms with Gasteiger partial charge in [0.1, 0.15) is 17.5 Å². The Morgan fingerprint density at radius 1 is 1.15 bits per heavy atom. The third kappa shape index (κ3) is 3.93. The zero-order valence-electron chi connectivity index (χ0n) is 12.4. The number of thiophene rings is 1. The van der Waals surface area contributed by atoms with Gasteiger partial charge in [0.25, 0.3) is 0 Å². The predicted molar refractivity (Wildman–Crippen MR) is 86.6 cm³/mol. The highest BCUT2D eigenvalue weighted by molar-refractivity contribution is 7.10. The number of anilines is 2. The van der Waals surface area contributed by atoms with Crippen molar-refractivity contribution in [2.75, 3.05) is 17.2 Å². The van der Waals surface area contributed by atoms with Crippen molar-refractivity contribution in [3.63, 3.8) is 0 Å². The molecule has 2 N–H and O–H groups in total. The molecule has 5 heteroatoms. The van der Waals surface area contributed by atoms with Crippen LogP contribution in [0.4, 0.5) is 11.6 Å². The van der Waals surface area contributed by atoms with Crippen LogP contribution in [-0.4, -0.2) is 16.5 Å². The molecule has 0 aromatic carbocycles. The molecule has 0 saturated heterocycles. The summed E-state index contributed by atoms with van der Waals surface area (Å²) >= 11 is 1.78. The topological polar surface area (TPSA) is 49.8 Å². The van der Waals surface area contributed by atoms with E-state index in [0.717, 1.165) is 43.4 Å². The quantitative estimate of drug-likeness (QED) is 0.813. The molecule has 0 amide bonds. The Balaban J connectivity index is 2.11. The summed E-state index contributed by atoms with van der Waals surface area (Å²) in [7, 11) is 0. The molecule has 2 rings (SSSR count). The lowest BCUT2D eigenvalue weighted by Gasteiger charge is -2.10. The van der Waals surface area contributed by atoms with Gasteiger partial charge in [0, 0.05) is 23.9 Å². The molecule has 0 aliphatic carbocycles. The van der Waals surface area contributed by atoms with Crippen LogP contribution in [0.3, 0.4) is 0 Å². The van der Waals surface area contributed by atoms with Gasteiger partial charge in [-0.05, 0) is 37.3 Å². The summed E-state index contributed by atoms with van der Waals surface area (Å²) in [6.45, 7) is 8.04. The van der Waals surface area contributed by atoms with E-state index in [1.54, 1.807) is 11.3 Å². The lowest BCUT2D eigenvalue weighted by atomic mass is 10.3. The fourth-order valence-electron chi connectivity index (χ4n) is 1.95. The molecule has 20 heavy (non-hydrogen) atoms. The highest BCUT2D eigenvalue weighted by Gasteiger charge is 2.05. The molecule has 0 radical (unpaired) electrons. The van der Waals surface area contributed by atoms with Gasteiger partial charge < -0.3 is 10.6 Å². The molecule has 0 aliphatic rings. The first-order valence-electron chi connectivity index (χ1n) is 7.11. The summed E-state index contributed by atoms with van der Waals surface area (Å²) in [5.74, 6) is 2.69. The number of nitrogens with one attached hydrogen (secondary N) is 2. The fourth-order valence-corrected chi connectivity index (χ4v) is 2.80. The van der Waals surface area contributed by atoms with Crippen LogP contribution in [0, 0.1) is 6.92 Å². The summed E-state index contributed by atoms with van der Waals surface area (Å²) in [4.78, 5) is 10.4. The van der Waals surface area contributed by atoms with Crippen LogP contribution in [0.5, 0.6) is 0 Å². The Morgan fingerprint density at radius 3 is 2.50 bits per heavy atom. The normalized spacial score (nSPS) is 10.6. The second kappa shape index (κ2) is 7.24. The summed E-state index contributed by atoms with van der Waals surface area (Å²) in [6, 6.07) is 4.12. The maximum Gasteiger partial charge on any atom is 0.133 e. The monoisotopic (exact) mass is 290 g/mol. The molecule has 0 saturated carbocycles. The van der Waals surface area contributed by atoms with Gasteiger partial charge in [-0.2, -0.15) is 0 Å². The number of aryl methyl sites for hydroxylation is 2. The minimum absolute atomic E-state index is 0.817. The molecule has 0 atom stereocenters. The van der Waals surface area contributed by atoms with E-state index in [1.807, 2.05) is 6.07 Å². The SMILES string of the molecule is CCCc1nc(NCC)cc(NCc2sccc2C)n1. The first-order valence-corrected chi connectivity index (χ1v) is 7.99. The molecular formula is C15H22N4S. The van der Waals surface area contributed by atoms with Crippen molar-refractivity contribution in [2.24, 2.45) is 0 Å². The van der Waals surface area contributed by atoms with Gasteiger partial charge in [0.05, 0.1) is 6.54 Å². The highest BCUT2D eigenvalue weighted by atomic mass is 32.1. The molecule has 0 bridgehead atoms. The van der Waals surface area contributed by atoms with Crippen molar-refractivity contribution in [2.45, 2.75) is 40.2 Å². The van der Waals surface area contributed by atoms with E-state index < -0.39 is 0 Å². The highest BCUT2D eigenvalue weighted by Crippen LogP contribution is 2.18. The van der Waals surface area contributed by atoms with Crippen LogP contribution in [0.15, 0.2) is 17.5 Å². The van der Waals surface area contributed by atoms with E-state index in [0.29, 0.717) is 0 Å². The van der Waals surface area contributed by atoms with Gasteiger partial charge in [-0.25, -0.2) is 9.97 Å². The van der Waals surface area contributed by atoms with Crippen molar-refractivity contribution in [3.05, 3.63) is 33.8 Å². The molecule has 0 unspecified atom stereocenters. The lowest BCUT2D eigenvalue weighted by molar-refractivity contribution is 0.834. The molecule has 0 spiro atoms. The van der Waals surface area contributed by atoms with Crippen LogP contribution in [0.1, 0.15) is 36.5 Å². The Kier molecular flexibility index (Phi) is 5.35. The maximum absolute atomic E-state index is 4.58. The number of hydrogen-bond acceptors (Lipinski definition) is 5. The first kappa shape index (κ1) is 14.8. The third-order valence-electron chi connectivity index (χ3n) is 3.00. The molecular weight excluding hydrogens is 268 g/mol. The molecule has 4 nitrogen and oxygen atoms in total. The Bertz CT molecular complexity index is 526. The van der Waals surface area contributed by atoms with Gasteiger partial charge >= 0.3 is 0 Å². The number of nitrogens with zero attached hydrogens (tertiary/aromatic N) is 2. The average Bonchev–Trinajstić information content (AvgIpc) is 2.83. The van der Waals surface area contributed by atoms with Crippen LogP contribution >= 0.6 is 11.3 Å². The zero-order valence-corrected chi connectivity index (χ0v) is 13.2.